The summed E-state index contributed by atoms with van der Waals surface area (Å²) in [6.07, 6.45) is 0.694. The lowest BCUT2D eigenvalue weighted by Crippen LogP contribution is -2.13. The second-order valence-electron chi connectivity index (χ2n) is 8.64. The summed E-state index contributed by atoms with van der Waals surface area (Å²) in [7, 11) is 0. The quantitative estimate of drug-likeness (QED) is 0.347. The van der Waals surface area contributed by atoms with Crippen LogP contribution in [0.1, 0.15) is 27.8 Å². The topological polar surface area (TPSA) is 23.5 Å². The van der Waals surface area contributed by atoms with Gasteiger partial charge in [0.25, 0.3) is 0 Å². The minimum Gasteiger partial charge on any atom is -0.396 e. The lowest BCUT2D eigenvalue weighted by Gasteiger charge is -2.29. The molecule has 4 rings (SSSR count). The molecule has 0 aliphatic heterocycles. The first-order chi connectivity index (χ1) is 15.5. The Labute approximate surface area is 191 Å². The van der Waals surface area contributed by atoms with Gasteiger partial charge in [-0.1, -0.05) is 71.8 Å². The average molecular weight is 422 g/mol. The molecule has 162 valence electrons. The van der Waals surface area contributed by atoms with Crippen LogP contribution in [-0.2, 0) is 6.42 Å². The van der Waals surface area contributed by atoms with Crippen LogP contribution in [-0.4, -0.2) is 11.7 Å². The lowest BCUT2D eigenvalue weighted by molar-refractivity contribution is 0.299. The molecule has 0 amide bonds. The number of aliphatic hydroxyl groups is 1. The van der Waals surface area contributed by atoms with E-state index in [1.165, 1.54) is 39.1 Å². The number of hydrogen-bond donors (Lipinski definition) is 1. The molecule has 0 radical (unpaired) electrons. The Balaban J connectivity index is 1.76. The van der Waals surface area contributed by atoms with Gasteiger partial charge in [-0.05, 0) is 86.2 Å². The third kappa shape index (κ3) is 4.61. The molecule has 0 heterocycles. The van der Waals surface area contributed by atoms with E-state index in [2.05, 4.69) is 118 Å². The van der Waals surface area contributed by atoms with E-state index in [-0.39, 0.29) is 6.61 Å². The van der Waals surface area contributed by atoms with E-state index in [0.29, 0.717) is 6.42 Å². The zero-order valence-corrected chi connectivity index (χ0v) is 19.4. The molecule has 0 fully saturated rings. The maximum Gasteiger partial charge on any atom is 0.0520 e. The predicted octanol–water partition coefficient (Wildman–Crippen LogP) is 7.59. The van der Waals surface area contributed by atoms with E-state index in [1.807, 2.05) is 0 Å². The fourth-order valence-corrected chi connectivity index (χ4v) is 4.42. The molecule has 0 saturated carbocycles. The summed E-state index contributed by atoms with van der Waals surface area (Å²) >= 11 is 0. The van der Waals surface area contributed by atoms with Gasteiger partial charge in [-0.3, -0.25) is 0 Å². The fraction of sp³-hybridized carbons (Fsp3) is 0.200. The average Bonchev–Trinajstić information content (AvgIpc) is 2.78. The molecule has 0 unspecified atom stereocenters. The summed E-state index contributed by atoms with van der Waals surface area (Å²) in [6, 6.07) is 30.5. The molecule has 2 heteroatoms. The normalized spacial score (nSPS) is 10.9. The third-order valence-electron chi connectivity index (χ3n) is 5.96. The molecule has 0 aliphatic carbocycles. The second kappa shape index (κ2) is 9.42. The van der Waals surface area contributed by atoms with Crippen LogP contribution in [0.15, 0.2) is 84.9 Å². The first-order valence-electron chi connectivity index (χ1n) is 11.2. The van der Waals surface area contributed by atoms with Gasteiger partial charge in [-0.15, -0.1) is 0 Å². The Bertz CT molecular complexity index is 1170. The molecule has 0 atom stereocenters. The van der Waals surface area contributed by atoms with Gasteiger partial charge < -0.3 is 10.0 Å². The number of rotatable bonds is 6. The summed E-state index contributed by atoms with van der Waals surface area (Å²) < 4.78 is 0. The molecule has 4 aromatic carbocycles. The van der Waals surface area contributed by atoms with E-state index in [4.69, 9.17) is 5.11 Å². The van der Waals surface area contributed by atoms with Crippen molar-refractivity contribution < 1.29 is 5.11 Å². The second-order valence-corrected chi connectivity index (χ2v) is 8.64. The van der Waals surface area contributed by atoms with Crippen LogP contribution in [0.2, 0.25) is 0 Å². The summed E-state index contributed by atoms with van der Waals surface area (Å²) in [6.45, 7) is 8.84. The highest BCUT2D eigenvalue weighted by molar-refractivity contribution is 5.81. The molecular weight excluding hydrogens is 390 g/mol. The summed E-state index contributed by atoms with van der Waals surface area (Å²) in [5, 5.41) is 9.14. The lowest BCUT2D eigenvalue weighted by atomic mass is 10.0. The van der Waals surface area contributed by atoms with Crippen LogP contribution < -0.4 is 4.90 Å². The molecule has 0 bridgehead atoms. The maximum absolute atomic E-state index is 9.14. The van der Waals surface area contributed by atoms with Crippen LogP contribution in [0, 0.1) is 27.7 Å². The van der Waals surface area contributed by atoms with Gasteiger partial charge in [-0.25, -0.2) is 0 Å². The Hall–Kier alpha value is -3.36. The molecule has 0 spiro atoms. The van der Waals surface area contributed by atoms with Gasteiger partial charge in [-0.2, -0.15) is 0 Å². The van der Waals surface area contributed by atoms with Crippen molar-refractivity contribution in [2.24, 2.45) is 0 Å². The largest absolute Gasteiger partial charge is 0.396 e. The van der Waals surface area contributed by atoms with Crippen molar-refractivity contribution in [1.29, 1.82) is 0 Å². The highest BCUT2D eigenvalue weighted by atomic mass is 16.2. The van der Waals surface area contributed by atoms with E-state index in [0.717, 1.165) is 16.9 Å². The Morgan fingerprint density at radius 2 is 1.06 bits per heavy atom. The van der Waals surface area contributed by atoms with Gasteiger partial charge in [0.15, 0.2) is 0 Å². The summed E-state index contributed by atoms with van der Waals surface area (Å²) in [5.74, 6) is 0. The smallest absolute Gasteiger partial charge is 0.0520 e. The molecule has 1 N–H and O–H groups in total. The minimum absolute atomic E-state index is 0.181. The molecule has 32 heavy (non-hydrogen) atoms. The van der Waals surface area contributed by atoms with E-state index >= 15 is 0 Å². The first kappa shape index (κ1) is 21.9. The SMILES string of the molecule is Cc1ccc(N(c2ccc(-c3ccc(CCO)cc3)cc2)c2c(C)cc(C)cc2C)cc1. The molecular formula is C30H31NO. The maximum atomic E-state index is 9.14. The van der Waals surface area contributed by atoms with Gasteiger partial charge in [0.05, 0.1) is 5.69 Å². The number of aliphatic hydroxyl groups excluding tert-OH is 1. The van der Waals surface area contributed by atoms with Gasteiger partial charge in [0.2, 0.25) is 0 Å². The van der Waals surface area contributed by atoms with Crippen LogP contribution in [0.3, 0.4) is 0 Å². The van der Waals surface area contributed by atoms with Gasteiger partial charge in [0, 0.05) is 18.0 Å². The molecule has 0 saturated heterocycles. The zero-order valence-electron chi connectivity index (χ0n) is 19.4. The van der Waals surface area contributed by atoms with Crippen molar-refractivity contribution >= 4 is 17.1 Å². The Morgan fingerprint density at radius 3 is 1.56 bits per heavy atom. The van der Waals surface area contributed by atoms with Crippen molar-refractivity contribution in [3.8, 4) is 11.1 Å². The number of anilines is 3. The van der Waals surface area contributed by atoms with E-state index in [1.54, 1.807) is 0 Å². The van der Waals surface area contributed by atoms with Crippen molar-refractivity contribution in [1.82, 2.24) is 0 Å². The molecule has 4 aromatic rings. The van der Waals surface area contributed by atoms with Crippen LogP contribution in [0.5, 0.6) is 0 Å². The van der Waals surface area contributed by atoms with Gasteiger partial charge in [0.1, 0.15) is 0 Å². The fourth-order valence-electron chi connectivity index (χ4n) is 4.42. The molecule has 2 nitrogen and oxygen atoms in total. The highest BCUT2D eigenvalue weighted by Gasteiger charge is 2.17. The third-order valence-corrected chi connectivity index (χ3v) is 5.96. The van der Waals surface area contributed by atoms with E-state index < -0.39 is 0 Å². The highest BCUT2D eigenvalue weighted by Crippen LogP contribution is 2.39. The Kier molecular flexibility index (Phi) is 6.43. The van der Waals surface area contributed by atoms with Crippen LogP contribution in [0.4, 0.5) is 17.1 Å². The van der Waals surface area contributed by atoms with Crippen molar-refractivity contribution in [3.05, 3.63) is 113 Å². The van der Waals surface area contributed by atoms with Crippen molar-refractivity contribution in [2.45, 2.75) is 34.1 Å². The zero-order chi connectivity index (χ0) is 22.7. The summed E-state index contributed by atoms with van der Waals surface area (Å²) in [4.78, 5) is 2.36. The number of hydrogen-bond acceptors (Lipinski definition) is 2. The predicted molar refractivity (Wildman–Crippen MR) is 136 cm³/mol. The first-order valence-corrected chi connectivity index (χ1v) is 11.2. The van der Waals surface area contributed by atoms with E-state index in [9.17, 15) is 0 Å². The molecule has 0 aliphatic rings. The van der Waals surface area contributed by atoms with Gasteiger partial charge >= 0.3 is 0 Å². The van der Waals surface area contributed by atoms with Crippen LogP contribution >= 0.6 is 0 Å². The minimum atomic E-state index is 0.181. The monoisotopic (exact) mass is 421 g/mol. The van der Waals surface area contributed by atoms with Crippen molar-refractivity contribution in [2.75, 3.05) is 11.5 Å². The summed E-state index contributed by atoms with van der Waals surface area (Å²) in [5.41, 5.74) is 12.1. The van der Waals surface area contributed by atoms with Crippen LogP contribution in [0.25, 0.3) is 11.1 Å². The Morgan fingerprint density at radius 1 is 0.594 bits per heavy atom. The standard InChI is InChI=1S/C30H31NO/c1-21-5-13-28(14-6-21)31(30-23(3)19-22(2)20-24(30)4)29-15-11-27(12-16-29)26-9-7-25(8-10-26)17-18-32/h5-16,19-20,32H,17-18H2,1-4H3. The number of aryl methyl sites for hydroxylation is 4. The van der Waals surface area contributed by atoms with Crippen molar-refractivity contribution in [3.63, 3.8) is 0 Å². The molecule has 0 aromatic heterocycles. The number of benzene rings is 4. The number of nitrogens with zero attached hydrogens (tertiary/aromatic N) is 1.